The molecule has 1 heterocycles. The monoisotopic (exact) mass is 237 g/mol. The summed E-state index contributed by atoms with van der Waals surface area (Å²) in [6.07, 6.45) is 2.51. The van der Waals surface area contributed by atoms with Gasteiger partial charge in [0.15, 0.2) is 5.82 Å². The molecule has 1 radical (unpaired) electrons. The van der Waals surface area contributed by atoms with E-state index < -0.39 is 0 Å². The van der Waals surface area contributed by atoms with Crippen LogP contribution in [0.3, 0.4) is 0 Å². The summed E-state index contributed by atoms with van der Waals surface area (Å²) >= 11 is 3.40. The second-order valence-corrected chi connectivity index (χ2v) is 3.33. The SMILES string of the molecule is Nn1[c]nnc1-c1ccccc1Br. The molecule has 0 fully saturated rings. The zero-order valence-electron chi connectivity index (χ0n) is 6.61. The van der Waals surface area contributed by atoms with Crippen LogP contribution in [0.2, 0.25) is 0 Å². The van der Waals surface area contributed by atoms with Gasteiger partial charge in [0.05, 0.1) is 0 Å². The molecule has 1 aromatic heterocycles. The van der Waals surface area contributed by atoms with Gasteiger partial charge >= 0.3 is 0 Å². The number of nitrogens with two attached hydrogens (primary N) is 1. The van der Waals surface area contributed by atoms with Gasteiger partial charge < -0.3 is 5.84 Å². The molecule has 0 aliphatic carbocycles. The van der Waals surface area contributed by atoms with Gasteiger partial charge in [-0.25, -0.2) is 4.68 Å². The van der Waals surface area contributed by atoms with E-state index in [0.717, 1.165) is 10.0 Å². The Morgan fingerprint density at radius 1 is 1.38 bits per heavy atom. The molecule has 0 aliphatic rings. The first-order chi connectivity index (χ1) is 6.29. The van der Waals surface area contributed by atoms with Gasteiger partial charge in [0.25, 0.3) is 0 Å². The van der Waals surface area contributed by atoms with Crippen LogP contribution in [0, 0.1) is 6.33 Å². The number of hydrogen-bond donors (Lipinski definition) is 1. The minimum atomic E-state index is 0.590. The summed E-state index contributed by atoms with van der Waals surface area (Å²) in [5, 5.41) is 7.43. The first-order valence-electron chi connectivity index (χ1n) is 3.62. The number of halogens is 1. The molecule has 2 N–H and O–H groups in total. The summed E-state index contributed by atoms with van der Waals surface area (Å²) in [7, 11) is 0. The Bertz CT molecular complexity index is 424. The molecule has 1 aromatic carbocycles. The van der Waals surface area contributed by atoms with Gasteiger partial charge in [-0.15, -0.1) is 10.2 Å². The highest BCUT2D eigenvalue weighted by molar-refractivity contribution is 9.10. The van der Waals surface area contributed by atoms with Crippen molar-refractivity contribution in [2.75, 3.05) is 5.84 Å². The number of hydrogen-bond acceptors (Lipinski definition) is 3. The highest BCUT2D eigenvalue weighted by atomic mass is 79.9. The molecule has 5 heteroatoms. The average molecular weight is 238 g/mol. The number of benzene rings is 1. The molecule has 4 nitrogen and oxygen atoms in total. The van der Waals surface area contributed by atoms with Crippen LogP contribution < -0.4 is 5.84 Å². The third kappa shape index (κ3) is 1.42. The molecule has 0 aliphatic heterocycles. The van der Waals surface area contributed by atoms with Gasteiger partial charge in [-0.3, -0.25) is 0 Å². The van der Waals surface area contributed by atoms with Gasteiger partial charge in [-0.1, -0.05) is 28.1 Å². The van der Waals surface area contributed by atoms with Crippen LogP contribution in [-0.4, -0.2) is 14.9 Å². The van der Waals surface area contributed by atoms with E-state index in [9.17, 15) is 0 Å². The van der Waals surface area contributed by atoms with E-state index in [1.54, 1.807) is 0 Å². The Kier molecular flexibility index (Phi) is 2.02. The Labute approximate surface area is 83.5 Å². The normalized spacial score (nSPS) is 10.2. The van der Waals surface area contributed by atoms with E-state index in [0.29, 0.717) is 5.82 Å². The fraction of sp³-hybridized carbons (Fsp3) is 0. The van der Waals surface area contributed by atoms with Crippen molar-refractivity contribution in [3.63, 3.8) is 0 Å². The van der Waals surface area contributed by atoms with Crippen LogP contribution >= 0.6 is 15.9 Å². The number of aromatic nitrogens is 3. The molecule has 0 saturated heterocycles. The average Bonchev–Trinajstić information content (AvgIpc) is 2.52. The molecule has 0 atom stereocenters. The van der Waals surface area contributed by atoms with Crippen molar-refractivity contribution in [1.82, 2.24) is 14.9 Å². The zero-order chi connectivity index (χ0) is 9.26. The van der Waals surface area contributed by atoms with E-state index >= 15 is 0 Å². The summed E-state index contributed by atoms with van der Waals surface area (Å²) in [5.74, 6) is 6.15. The molecular weight excluding hydrogens is 232 g/mol. The van der Waals surface area contributed by atoms with Gasteiger partial charge in [-0.2, -0.15) is 0 Å². The van der Waals surface area contributed by atoms with Crippen molar-refractivity contribution in [1.29, 1.82) is 0 Å². The quantitative estimate of drug-likeness (QED) is 0.760. The zero-order valence-corrected chi connectivity index (χ0v) is 8.19. The molecule has 2 aromatic rings. The third-order valence-corrected chi connectivity index (χ3v) is 2.33. The van der Waals surface area contributed by atoms with Gasteiger partial charge in [0.2, 0.25) is 6.33 Å². The fourth-order valence-corrected chi connectivity index (χ4v) is 1.50. The van der Waals surface area contributed by atoms with Crippen LogP contribution in [0.4, 0.5) is 0 Å². The predicted octanol–water partition coefficient (Wildman–Crippen LogP) is 1.22. The van der Waals surface area contributed by atoms with Crippen molar-refractivity contribution in [2.24, 2.45) is 0 Å². The van der Waals surface area contributed by atoms with E-state index in [1.165, 1.54) is 4.68 Å². The summed E-state index contributed by atoms with van der Waals surface area (Å²) in [5.41, 5.74) is 0.902. The smallest absolute Gasteiger partial charge is 0.222 e. The molecule has 0 bridgehead atoms. The van der Waals surface area contributed by atoms with Crippen LogP contribution in [-0.2, 0) is 0 Å². The van der Waals surface area contributed by atoms with Gasteiger partial charge in [-0.05, 0) is 12.1 Å². The lowest BCUT2D eigenvalue weighted by Crippen LogP contribution is -2.08. The van der Waals surface area contributed by atoms with Crippen LogP contribution in [0.5, 0.6) is 0 Å². The second-order valence-electron chi connectivity index (χ2n) is 2.47. The Balaban J connectivity index is 2.59. The minimum Gasteiger partial charge on any atom is -0.336 e. The van der Waals surface area contributed by atoms with E-state index in [-0.39, 0.29) is 0 Å². The molecule has 13 heavy (non-hydrogen) atoms. The number of nitrogen functional groups attached to an aromatic ring is 1. The van der Waals surface area contributed by atoms with Crippen LogP contribution in [0.25, 0.3) is 11.4 Å². The predicted molar refractivity (Wildman–Crippen MR) is 52.1 cm³/mol. The standard InChI is InChI=1S/C8H6BrN4/c9-7-4-2-1-3-6(7)8-12-11-5-13(8)10/h1-4H,10H2. The molecule has 0 amide bonds. The van der Waals surface area contributed by atoms with Crippen molar-refractivity contribution < 1.29 is 0 Å². The highest BCUT2D eigenvalue weighted by Crippen LogP contribution is 2.24. The first-order valence-corrected chi connectivity index (χ1v) is 4.41. The Morgan fingerprint density at radius 3 is 2.77 bits per heavy atom. The Hall–Kier alpha value is -1.36. The lowest BCUT2D eigenvalue weighted by Gasteiger charge is -2.01. The Morgan fingerprint density at radius 2 is 2.15 bits per heavy atom. The molecule has 65 valence electrons. The number of rotatable bonds is 1. The molecule has 0 unspecified atom stereocenters. The van der Waals surface area contributed by atoms with Crippen molar-refractivity contribution in [2.45, 2.75) is 0 Å². The van der Waals surface area contributed by atoms with Crippen LogP contribution in [0.15, 0.2) is 28.7 Å². The summed E-state index contributed by atoms with van der Waals surface area (Å²) < 4.78 is 2.20. The molecular formula is C8H6BrN4. The lowest BCUT2D eigenvalue weighted by atomic mass is 10.2. The summed E-state index contributed by atoms with van der Waals surface area (Å²) in [4.78, 5) is 0. The van der Waals surface area contributed by atoms with E-state index in [1.807, 2.05) is 24.3 Å². The first kappa shape index (κ1) is 8.25. The number of nitrogens with zero attached hydrogens (tertiary/aromatic N) is 3. The van der Waals surface area contributed by atoms with Gasteiger partial charge in [0.1, 0.15) is 0 Å². The van der Waals surface area contributed by atoms with E-state index in [4.69, 9.17) is 5.84 Å². The molecule has 0 saturated carbocycles. The van der Waals surface area contributed by atoms with Crippen molar-refractivity contribution in [3.8, 4) is 11.4 Å². The lowest BCUT2D eigenvalue weighted by molar-refractivity contribution is 0.993. The topological polar surface area (TPSA) is 56.7 Å². The maximum Gasteiger partial charge on any atom is 0.222 e. The van der Waals surface area contributed by atoms with Gasteiger partial charge in [0, 0.05) is 10.0 Å². The third-order valence-electron chi connectivity index (χ3n) is 1.64. The van der Waals surface area contributed by atoms with E-state index in [2.05, 4.69) is 32.5 Å². The summed E-state index contributed by atoms with van der Waals surface area (Å²) in [6, 6.07) is 7.67. The fourth-order valence-electron chi connectivity index (χ4n) is 1.04. The minimum absolute atomic E-state index is 0.590. The van der Waals surface area contributed by atoms with Crippen LogP contribution in [0.1, 0.15) is 0 Å². The maximum atomic E-state index is 5.56. The van der Waals surface area contributed by atoms with Crippen molar-refractivity contribution in [3.05, 3.63) is 35.1 Å². The van der Waals surface area contributed by atoms with Crippen molar-refractivity contribution >= 4 is 15.9 Å². The second kappa shape index (κ2) is 3.18. The molecule has 2 rings (SSSR count). The largest absolute Gasteiger partial charge is 0.336 e. The molecule has 0 spiro atoms. The summed E-state index contributed by atoms with van der Waals surface area (Å²) in [6.45, 7) is 0. The highest BCUT2D eigenvalue weighted by Gasteiger charge is 2.07. The maximum absolute atomic E-state index is 5.56.